The molecule has 0 aliphatic rings. The van der Waals surface area contributed by atoms with Crippen LogP contribution in [0.15, 0.2) is 41.4 Å². The van der Waals surface area contributed by atoms with Crippen LogP contribution in [0.2, 0.25) is 0 Å². The molecule has 2 amide bonds. The molecule has 0 aliphatic heterocycles. The summed E-state index contributed by atoms with van der Waals surface area (Å²) >= 11 is 3.08. The van der Waals surface area contributed by atoms with E-state index in [2.05, 4.69) is 46.6 Å². The molecule has 1 atom stereocenters. The number of nitrogens with zero attached hydrogens (tertiary/aromatic N) is 5. The smallest absolute Gasteiger partial charge is 0.319 e. The van der Waals surface area contributed by atoms with Gasteiger partial charge >= 0.3 is 6.03 Å². The van der Waals surface area contributed by atoms with Crippen molar-refractivity contribution < 1.29 is 13.9 Å². The molecule has 0 saturated heterocycles. The number of amides is 2. The Morgan fingerprint density at radius 3 is 2.74 bits per heavy atom. The molecular weight excluding hydrogens is 421 g/mol. The van der Waals surface area contributed by atoms with Gasteiger partial charge in [-0.2, -0.15) is 9.78 Å². The van der Waals surface area contributed by atoms with Crippen molar-refractivity contribution in [2.24, 2.45) is 0 Å². The van der Waals surface area contributed by atoms with Crippen LogP contribution in [-0.4, -0.2) is 37.9 Å². The lowest BCUT2D eigenvalue weighted by atomic mass is 10.3. The van der Waals surface area contributed by atoms with E-state index in [1.165, 1.54) is 30.3 Å². The lowest BCUT2D eigenvalue weighted by Crippen LogP contribution is -2.32. The Bertz CT molecular complexity index is 951. The molecule has 140 valence electrons. The second-order valence-electron chi connectivity index (χ2n) is 5.37. The van der Waals surface area contributed by atoms with Gasteiger partial charge in [-0.25, -0.2) is 24.1 Å². The number of aromatic nitrogens is 5. The second kappa shape index (κ2) is 8.08. The number of ether oxygens (including phenoxy) is 1. The van der Waals surface area contributed by atoms with Gasteiger partial charge < -0.3 is 15.4 Å². The normalized spacial score (nSPS) is 11.7. The van der Waals surface area contributed by atoms with Gasteiger partial charge in [-0.3, -0.25) is 0 Å². The van der Waals surface area contributed by atoms with Crippen molar-refractivity contribution in [2.75, 3.05) is 12.4 Å². The maximum atomic E-state index is 13.6. The molecule has 27 heavy (non-hydrogen) atoms. The predicted octanol–water partition coefficient (Wildman–Crippen LogP) is 2.85. The van der Waals surface area contributed by atoms with Gasteiger partial charge in [0.1, 0.15) is 17.9 Å². The first-order valence-corrected chi connectivity index (χ1v) is 8.56. The molecule has 2 aromatic heterocycles. The van der Waals surface area contributed by atoms with Crippen molar-refractivity contribution in [3.8, 4) is 11.7 Å². The Morgan fingerprint density at radius 2 is 2.04 bits per heavy atom. The predicted molar refractivity (Wildman–Crippen MR) is 98.2 cm³/mol. The minimum Gasteiger partial charge on any atom is -0.494 e. The van der Waals surface area contributed by atoms with E-state index in [9.17, 15) is 9.18 Å². The summed E-state index contributed by atoms with van der Waals surface area (Å²) in [5.41, 5.74) is 0.309. The maximum Gasteiger partial charge on any atom is 0.319 e. The van der Waals surface area contributed by atoms with Gasteiger partial charge in [0.15, 0.2) is 5.82 Å². The van der Waals surface area contributed by atoms with Gasteiger partial charge in [-0.15, -0.1) is 0 Å². The van der Waals surface area contributed by atoms with E-state index < -0.39 is 17.9 Å². The number of benzene rings is 1. The number of carbonyl (C=O) groups excluding carboxylic acids is 1. The van der Waals surface area contributed by atoms with Crippen LogP contribution in [0.5, 0.6) is 5.75 Å². The van der Waals surface area contributed by atoms with Gasteiger partial charge in [0.2, 0.25) is 0 Å². The molecule has 0 saturated carbocycles. The Labute approximate surface area is 162 Å². The second-order valence-corrected chi connectivity index (χ2v) is 6.22. The van der Waals surface area contributed by atoms with Crippen molar-refractivity contribution in [3.05, 3.63) is 53.0 Å². The van der Waals surface area contributed by atoms with Crippen LogP contribution in [0.4, 0.5) is 14.9 Å². The van der Waals surface area contributed by atoms with Gasteiger partial charge in [0.25, 0.3) is 5.95 Å². The average Bonchev–Trinajstić information content (AvgIpc) is 3.15. The molecule has 1 unspecified atom stereocenters. The first kappa shape index (κ1) is 18.7. The van der Waals surface area contributed by atoms with Crippen LogP contribution in [0.25, 0.3) is 5.95 Å². The highest BCUT2D eigenvalue weighted by Gasteiger charge is 2.19. The summed E-state index contributed by atoms with van der Waals surface area (Å²) in [6.07, 6.45) is 4.51. The number of methoxy groups -OCH3 is 1. The SMILES string of the molecule is COc1cc(F)c(Br)cc1NC(=O)NC(C)c1ncnn1-c1ncccn1. The highest BCUT2D eigenvalue weighted by Crippen LogP contribution is 2.30. The van der Waals surface area contributed by atoms with Crippen molar-refractivity contribution in [3.63, 3.8) is 0 Å². The summed E-state index contributed by atoms with van der Waals surface area (Å²) < 4.78 is 20.3. The van der Waals surface area contributed by atoms with Gasteiger partial charge in [0.05, 0.1) is 23.3 Å². The van der Waals surface area contributed by atoms with E-state index in [-0.39, 0.29) is 10.2 Å². The van der Waals surface area contributed by atoms with Crippen LogP contribution in [0, 0.1) is 5.82 Å². The van der Waals surface area contributed by atoms with Crippen LogP contribution in [0.3, 0.4) is 0 Å². The van der Waals surface area contributed by atoms with Crippen LogP contribution < -0.4 is 15.4 Å². The molecule has 2 heterocycles. The average molecular weight is 436 g/mol. The Kier molecular flexibility index (Phi) is 5.60. The lowest BCUT2D eigenvalue weighted by Gasteiger charge is -2.16. The summed E-state index contributed by atoms with van der Waals surface area (Å²) in [5, 5.41) is 9.44. The Morgan fingerprint density at radius 1 is 1.30 bits per heavy atom. The van der Waals surface area contributed by atoms with E-state index >= 15 is 0 Å². The fourth-order valence-electron chi connectivity index (χ4n) is 2.32. The molecule has 1 aromatic carbocycles. The largest absolute Gasteiger partial charge is 0.494 e. The summed E-state index contributed by atoms with van der Waals surface area (Å²) in [4.78, 5) is 24.7. The van der Waals surface area contributed by atoms with E-state index in [1.54, 1.807) is 25.4 Å². The minimum atomic E-state index is -0.525. The molecule has 0 bridgehead atoms. The molecule has 0 aliphatic carbocycles. The van der Waals surface area contributed by atoms with E-state index in [0.29, 0.717) is 17.5 Å². The lowest BCUT2D eigenvalue weighted by molar-refractivity contribution is 0.248. The van der Waals surface area contributed by atoms with Crippen molar-refractivity contribution in [1.29, 1.82) is 0 Å². The van der Waals surface area contributed by atoms with Crippen LogP contribution in [-0.2, 0) is 0 Å². The maximum absolute atomic E-state index is 13.6. The number of hydrogen-bond acceptors (Lipinski definition) is 6. The van der Waals surface area contributed by atoms with Gasteiger partial charge in [0, 0.05) is 18.5 Å². The molecule has 11 heteroatoms. The summed E-state index contributed by atoms with van der Waals surface area (Å²) in [6, 6.07) is 3.24. The van der Waals surface area contributed by atoms with Crippen molar-refractivity contribution in [2.45, 2.75) is 13.0 Å². The third-order valence-electron chi connectivity index (χ3n) is 3.54. The molecular formula is C16H15BrFN7O2. The topological polar surface area (TPSA) is 107 Å². The zero-order valence-electron chi connectivity index (χ0n) is 14.3. The summed E-state index contributed by atoms with van der Waals surface area (Å²) in [7, 11) is 1.39. The number of anilines is 1. The standard InChI is InChI=1S/C16H15BrFN7O2/c1-9(14-21-8-22-25(14)15-19-4-3-5-20-15)23-16(26)24-12-6-10(17)11(18)7-13(12)27-2/h3-9H,1-2H3,(H2,23,24,26). The molecule has 9 nitrogen and oxygen atoms in total. The summed E-state index contributed by atoms with van der Waals surface area (Å²) in [6.45, 7) is 1.74. The van der Waals surface area contributed by atoms with Crippen molar-refractivity contribution >= 4 is 27.6 Å². The van der Waals surface area contributed by atoms with Crippen LogP contribution in [0.1, 0.15) is 18.8 Å². The minimum absolute atomic E-state index is 0.194. The molecule has 3 rings (SSSR count). The van der Waals surface area contributed by atoms with Gasteiger partial charge in [-0.05, 0) is 35.0 Å². The monoisotopic (exact) mass is 435 g/mol. The van der Waals surface area contributed by atoms with E-state index in [1.807, 2.05) is 0 Å². The number of carbonyl (C=O) groups is 1. The zero-order valence-corrected chi connectivity index (χ0v) is 15.9. The number of urea groups is 1. The number of rotatable bonds is 5. The fourth-order valence-corrected chi connectivity index (χ4v) is 2.66. The zero-order chi connectivity index (χ0) is 19.4. The van der Waals surface area contributed by atoms with Crippen molar-refractivity contribution in [1.82, 2.24) is 30.0 Å². The first-order chi connectivity index (χ1) is 13.0. The third kappa shape index (κ3) is 4.19. The van der Waals surface area contributed by atoms with E-state index in [0.717, 1.165) is 0 Å². The molecule has 2 N–H and O–H groups in total. The molecule has 0 spiro atoms. The number of nitrogens with one attached hydrogen (secondary N) is 2. The number of hydrogen-bond donors (Lipinski definition) is 2. The van der Waals surface area contributed by atoms with Gasteiger partial charge in [-0.1, -0.05) is 0 Å². The molecule has 0 radical (unpaired) electrons. The third-order valence-corrected chi connectivity index (χ3v) is 4.15. The summed E-state index contributed by atoms with van der Waals surface area (Å²) in [5.74, 6) is 0.480. The highest BCUT2D eigenvalue weighted by molar-refractivity contribution is 9.10. The highest BCUT2D eigenvalue weighted by atomic mass is 79.9. The quantitative estimate of drug-likeness (QED) is 0.637. The number of halogens is 2. The Hall–Kier alpha value is -3.08. The Balaban J connectivity index is 1.74. The molecule has 3 aromatic rings. The fraction of sp³-hybridized carbons (Fsp3) is 0.188. The van der Waals surface area contributed by atoms with E-state index in [4.69, 9.17) is 4.74 Å². The molecule has 0 fully saturated rings. The van der Waals surface area contributed by atoms with Crippen LogP contribution >= 0.6 is 15.9 Å². The first-order valence-electron chi connectivity index (χ1n) is 7.77.